The Bertz CT molecular complexity index is 132. The lowest BCUT2D eigenvalue weighted by molar-refractivity contribution is -0.115. The summed E-state index contributed by atoms with van der Waals surface area (Å²) in [7, 11) is 0. The molecule has 44 valence electrons. The summed E-state index contributed by atoms with van der Waals surface area (Å²) in [4.78, 5) is 11.5. The second-order valence-electron chi connectivity index (χ2n) is 1.61. The summed E-state index contributed by atoms with van der Waals surface area (Å²) in [5, 5.41) is 0.556. The van der Waals surface area contributed by atoms with Crippen molar-refractivity contribution in [2.24, 2.45) is 0 Å². The monoisotopic (exact) mass is 131 g/mol. The minimum atomic E-state index is 0.556. The van der Waals surface area contributed by atoms with Gasteiger partial charge in [0.2, 0.25) is 6.41 Å². The van der Waals surface area contributed by atoms with Crippen LogP contribution in [0.4, 0.5) is 0 Å². The van der Waals surface area contributed by atoms with Gasteiger partial charge >= 0.3 is 0 Å². The van der Waals surface area contributed by atoms with Crippen molar-refractivity contribution < 1.29 is 4.79 Å². The maximum Gasteiger partial charge on any atom is 0.214 e. The van der Waals surface area contributed by atoms with Gasteiger partial charge in [-0.1, -0.05) is 11.6 Å². The number of carbonyl (C=O) groups is 1. The van der Waals surface area contributed by atoms with Crippen LogP contribution in [0.3, 0.4) is 0 Å². The molecule has 0 aromatic rings. The maximum absolute atomic E-state index is 10.0. The highest BCUT2D eigenvalue weighted by Crippen LogP contribution is 2.14. The molecule has 0 unspecified atom stereocenters. The van der Waals surface area contributed by atoms with Gasteiger partial charge in [-0.25, -0.2) is 0 Å². The van der Waals surface area contributed by atoms with E-state index in [2.05, 4.69) is 0 Å². The van der Waals surface area contributed by atoms with Gasteiger partial charge in [0.1, 0.15) is 5.16 Å². The highest BCUT2D eigenvalue weighted by atomic mass is 35.5. The molecule has 2 nitrogen and oxygen atoms in total. The van der Waals surface area contributed by atoms with E-state index >= 15 is 0 Å². The lowest BCUT2D eigenvalue weighted by Crippen LogP contribution is -2.13. The molecule has 0 aromatic carbocycles. The first kappa shape index (κ1) is 5.63. The normalized spacial score (nSPS) is 18.6. The average molecular weight is 132 g/mol. The molecule has 1 aliphatic rings. The Balaban J connectivity index is 2.58. The fourth-order valence-corrected chi connectivity index (χ4v) is 0.883. The number of amides is 1. The van der Waals surface area contributed by atoms with Gasteiger partial charge < -0.3 is 4.90 Å². The van der Waals surface area contributed by atoms with E-state index in [4.69, 9.17) is 11.6 Å². The third-order valence-electron chi connectivity index (χ3n) is 1.08. The van der Waals surface area contributed by atoms with Gasteiger partial charge in [-0.3, -0.25) is 4.79 Å². The summed E-state index contributed by atoms with van der Waals surface area (Å²) in [6, 6.07) is 0. The molecule has 0 aliphatic carbocycles. The SMILES string of the molecule is O=CN1CCC=C1Cl. The number of nitrogens with zero attached hydrogens (tertiary/aromatic N) is 1. The van der Waals surface area contributed by atoms with Crippen molar-refractivity contribution in [2.45, 2.75) is 6.42 Å². The molecule has 1 aliphatic heterocycles. The molecule has 0 radical (unpaired) electrons. The highest BCUT2D eigenvalue weighted by molar-refractivity contribution is 6.30. The van der Waals surface area contributed by atoms with E-state index in [-0.39, 0.29) is 0 Å². The van der Waals surface area contributed by atoms with Gasteiger partial charge in [-0.2, -0.15) is 0 Å². The molecule has 0 saturated carbocycles. The number of halogens is 1. The van der Waals surface area contributed by atoms with Crippen LogP contribution in [0.5, 0.6) is 0 Å². The molecule has 1 rings (SSSR count). The fraction of sp³-hybridized carbons (Fsp3) is 0.400. The molecule has 0 atom stereocenters. The van der Waals surface area contributed by atoms with Crippen LogP contribution in [-0.2, 0) is 4.79 Å². The first-order valence-corrected chi connectivity index (χ1v) is 2.80. The summed E-state index contributed by atoms with van der Waals surface area (Å²) in [5.74, 6) is 0. The van der Waals surface area contributed by atoms with Crippen LogP contribution in [0.2, 0.25) is 0 Å². The molecule has 0 bridgehead atoms. The van der Waals surface area contributed by atoms with Crippen LogP contribution in [0, 0.1) is 0 Å². The molecular weight excluding hydrogens is 126 g/mol. The third kappa shape index (κ3) is 0.842. The van der Waals surface area contributed by atoms with E-state index in [0.717, 1.165) is 19.4 Å². The Hall–Kier alpha value is -0.500. The predicted octanol–water partition coefficient (Wildman–Crippen LogP) is 0.929. The zero-order valence-corrected chi connectivity index (χ0v) is 5.06. The third-order valence-corrected chi connectivity index (χ3v) is 1.46. The largest absolute Gasteiger partial charge is 0.305 e. The first-order chi connectivity index (χ1) is 3.84. The molecule has 8 heavy (non-hydrogen) atoms. The molecule has 1 heterocycles. The zero-order valence-electron chi connectivity index (χ0n) is 4.30. The standard InChI is InChI=1S/C5H6ClNO/c6-5-2-1-3-7(5)4-8/h2,4H,1,3H2. The van der Waals surface area contributed by atoms with Crippen molar-refractivity contribution >= 4 is 18.0 Å². The highest BCUT2D eigenvalue weighted by Gasteiger charge is 2.09. The Morgan fingerprint density at radius 2 is 2.62 bits per heavy atom. The summed E-state index contributed by atoms with van der Waals surface area (Å²) in [5.41, 5.74) is 0. The van der Waals surface area contributed by atoms with Crippen LogP contribution in [-0.4, -0.2) is 17.9 Å². The lowest BCUT2D eigenvalue weighted by atomic mass is 10.5. The quantitative estimate of drug-likeness (QED) is 0.383. The minimum Gasteiger partial charge on any atom is -0.305 e. The van der Waals surface area contributed by atoms with Crippen molar-refractivity contribution in [3.05, 3.63) is 11.2 Å². The summed E-state index contributed by atoms with van der Waals surface area (Å²) >= 11 is 5.53. The number of hydrogen-bond acceptors (Lipinski definition) is 1. The predicted molar refractivity (Wildman–Crippen MR) is 31.3 cm³/mol. The molecule has 0 N–H and O–H groups in total. The summed E-state index contributed by atoms with van der Waals surface area (Å²) in [6.07, 6.45) is 3.46. The van der Waals surface area contributed by atoms with Crippen molar-refractivity contribution in [3.8, 4) is 0 Å². The fourth-order valence-electron chi connectivity index (χ4n) is 0.650. The minimum absolute atomic E-state index is 0.556. The molecular formula is C5H6ClNO. The van der Waals surface area contributed by atoms with Crippen molar-refractivity contribution in [2.75, 3.05) is 6.54 Å². The van der Waals surface area contributed by atoms with Gasteiger partial charge in [-0.05, 0) is 12.5 Å². The van der Waals surface area contributed by atoms with Gasteiger partial charge in [0.25, 0.3) is 0 Å². The van der Waals surface area contributed by atoms with Crippen molar-refractivity contribution in [3.63, 3.8) is 0 Å². The topological polar surface area (TPSA) is 20.3 Å². The van der Waals surface area contributed by atoms with Crippen molar-refractivity contribution in [1.82, 2.24) is 4.90 Å². The molecule has 0 spiro atoms. The van der Waals surface area contributed by atoms with Crippen LogP contribution < -0.4 is 0 Å². The Labute approximate surface area is 52.7 Å². The smallest absolute Gasteiger partial charge is 0.214 e. The van der Waals surface area contributed by atoms with E-state index < -0.39 is 0 Å². The zero-order chi connectivity index (χ0) is 5.98. The molecule has 3 heteroatoms. The molecule has 0 saturated heterocycles. The van der Waals surface area contributed by atoms with Gasteiger partial charge in [-0.15, -0.1) is 0 Å². The Morgan fingerprint density at radius 3 is 2.88 bits per heavy atom. The lowest BCUT2D eigenvalue weighted by Gasteiger charge is -2.05. The van der Waals surface area contributed by atoms with E-state index in [0.29, 0.717) is 5.16 Å². The van der Waals surface area contributed by atoms with Crippen molar-refractivity contribution in [1.29, 1.82) is 0 Å². The van der Waals surface area contributed by atoms with Gasteiger partial charge in [0, 0.05) is 6.54 Å². The summed E-state index contributed by atoms with van der Waals surface area (Å²) < 4.78 is 0. The number of hydrogen-bond donors (Lipinski definition) is 0. The van der Waals surface area contributed by atoms with Crippen LogP contribution in [0.15, 0.2) is 11.2 Å². The molecule has 0 fully saturated rings. The Kier molecular flexibility index (Phi) is 1.53. The summed E-state index contributed by atoms with van der Waals surface area (Å²) in [6.45, 7) is 0.738. The number of carbonyl (C=O) groups excluding carboxylic acids is 1. The van der Waals surface area contributed by atoms with Gasteiger partial charge in [0.15, 0.2) is 0 Å². The van der Waals surface area contributed by atoms with E-state index in [9.17, 15) is 4.79 Å². The van der Waals surface area contributed by atoms with E-state index in [1.165, 1.54) is 4.90 Å². The molecule has 0 aromatic heterocycles. The number of rotatable bonds is 1. The second kappa shape index (κ2) is 2.18. The van der Waals surface area contributed by atoms with Crippen LogP contribution >= 0.6 is 11.6 Å². The van der Waals surface area contributed by atoms with Gasteiger partial charge in [0.05, 0.1) is 0 Å². The van der Waals surface area contributed by atoms with Crippen LogP contribution in [0.1, 0.15) is 6.42 Å². The second-order valence-corrected chi connectivity index (χ2v) is 2.00. The Morgan fingerprint density at radius 1 is 1.88 bits per heavy atom. The maximum atomic E-state index is 10.0. The van der Waals surface area contributed by atoms with E-state index in [1.807, 2.05) is 6.08 Å². The molecule has 1 amide bonds. The average Bonchev–Trinajstić information content (AvgIpc) is 2.14. The first-order valence-electron chi connectivity index (χ1n) is 2.42. The van der Waals surface area contributed by atoms with Crippen LogP contribution in [0.25, 0.3) is 0 Å². The van der Waals surface area contributed by atoms with E-state index in [1.54, 1.807) is 0 Å².